The topological polar surface area (TPSA) is 74.6 Å². The van der Waals surface area contributed by atoms with Gasteiger partial charge in [-0.2, -0.15) is 0 Å². The summed E-state index contributed by atoms with van der Waals surface area (Å²) in [5.41, 5.74) is 0.881. The van der Waals surface area contributed by atoms with E-state index in [2.05, 4.69) is 13.5 Å². The molecule has 0 aliphatic heterocycles. The largest absolute Gasteiger partial charge is 0.481 e. The van der Waals surface area contributed by atoms with Crippen LogP contribution in [0.3, 0.4) is 0 Å². The van der Waals surface area contributed by atoms with Crippen molar-refractivity contribution < 1.29 is 19.8 Å². The highest BCUT2D eigenvalue weighted by atomic mass is 16.4. The summed E-state index contributed by atoms with van der Waals surface area (Å²) in [7, 11) is 0. The summed E-state index contributed by atoms with van der Waals surface area (Å²) in [5, 5.41) is 18.8. The normalized spacial score (nSPS) is 37.0. The van der Waals surface area contributed by atoms with E-state index in [1.165, 1.54) is 5.57 Å². The molecule has 0 spiro atoms. The second-order valence-corrected chi connectivity index (χ2v) is 8.15. The van der Waals surface area contributed by atoms with Crippen LogP contribution in [0, 0.1) is 22.7 Å². The monoisotopic (exact) mass is 334 g/mol. The first-order valence-corrected chi connectivity index (χ1v) is 8.94. The fraction of sp³-hybridized carbons (Fsp3) is 0.700. The molecule has 4 atom stereocenters. The first-order valence-electron chi connectivity index (χ1n) is 8.94. The maximum Gasteiger partial charge on any atom is 0.330 e. The Hall–Kier alpha value is -1.58. The maximum absolute atomic E-state index is 11.9. The van der Waals surface area contributed by atoms with Gasteiger partial charge in [-0.3, -0.25) is 4.79 Å². The van der Waals surface area contributed by atoms with Crippen LogP contribution < -0.4 is 0 Å². The third kappa shape index (κ3) is 3.15. The van der Waals surface area contributed by atoms with Crippen molar-refractivity contribution in [2.45, 2.75) is 65.7 Å². The van der Waals surface area contributed by atoms with Gasteiger partial charge >= 0.3 is 11.9 Å². The molecule has 4 nitrogen and oxygen atoms in total. The molecule has 2 aliphatic carbocycles. The lowest BCUT2D eigenvalue weighted by Crippen LogP contribution is -2.53. The molecule has 0 aromatic carbocycles. The maximum atomic E-state index is 11.9. The average molecular weight is 334 g/mol. The molecule has 134 valence electrons. The highest BCUT2D eigenvalue weighted by Crippen LogP contribution is 2.61. The number of carbonyl (C=O) groups is 2. The lowest BCUT2D eigenvalue weighted by atomic mass is 9.46. The Balaban J connectivity index is 2.24. The Morgan fingerprint density at radius 3 is 2.54 bits per heavy atom. The molecule has 0 aromatic heterocycles. The van der Waals surface area contributed by atoms with E-state index in [0.717, 1.165) is 38.5 Å². The zero-order valence-corrected chi connectivity index (χ0v) is 15.1. The molecule has 0 bridgehead atoms. The van der Waals surface area contributed by atoms with Crippen LogP contribution in [0.4, 0.5) is 0 Å². The third-order valence-electron chi connectivity index (χ3n) is 6.75. The molecule has 2 saturated carbocycles. The fourth-order valence-corrected chi connectivity index (χ4v) is 5.29. The van der Waals surface area contributed by atoms with Gasteiger partial charge in [0, 0.05) is 5.57 Å². The van der Waals surface area contributed by atoms with Gasteiger partial charge in [-0.15, -0.1) is 0 Å². The summed E-state index contributed by atoms with van der Waals surface area (Å²) < 4.78 is 0. The van der Waals surface area contributed by atoms with Gasteiger partial charge in [-0.25, -0.2) is 4.79 Å². The summed E-state index contributed by atoms with van der Waals surface area (Å²) in [6.07, 6.45) is 7.84. The molecule has 2 rings (SSSR count). The van der Waals surface area contributed by atoms with Crippen LogP contribution in [0.2, 0.25) is 0 Å². The Morgan fingerprint density at radius 1 is 1.29 bits per heavy atom. The number of allylic oxidation sites excluding steroid dienone is 2. The van der Waals surface area contributed by atoms with E-state index in [4.69, 9.17) is 5.11 Å². The van der Waals surface area contributed by atoms with Crippen molar-refractivity contribution in [3.8, 4) is 0 Å². The van der Waals surface area contributed by atoms with Gasteiger partial charge in [0.2, 0.25) is 0 Å². The Kier molecular flexibility index (Phi) is 5.26. The Labute approximate surface area is 144 Å². The Bertz CT molecular complexity index is 576. The second-order valence-electron chi connectivity index (χ2n) is 8.15. The summed E-state index contributed by atoms with van der Waals surface area (Å²) in [5.74, 6) is -1.12. The number of carboxylic acids is 2. The van der Waals surface area contributed by atoms with E-state index < -0.39 is 17.4 Å². The Morgan fingerprint density at radius 2 is 1.96 bits per heavy atom. The molecule has 0 radical (unpaired) electrons. The molecule has 0 aromatic rings. The van der Waals surface area contributed by atoms with Crippen molar-refractivity contribution in [3.63, 3.8) is 0 Å². The summed E-state index contributed by atoms with van der Waals surface area (Å²) in [6.45, 7) is 10.0. The van der Waals surface area contributed by atoms with E-state index in [1.807, 2.05) is 6.92 Å². The lowest BCUT2D eigenvalue weighted by molar-refractivity contribution is -0.164. The van der Waals surface area contributed by atoms with Crippen LogP contribution in [-0.4, -0.2) is 22.2 Å². The zero-order chi connectivity index (χ0) is 18.1. The van der Waals surface area contributed by atoms with Crippen LogP contribution in [0.1, 0.15) is 65.7 Å². The van der Waals surface area contributed by atoms with Crippen molar-refractivity contribution in [1.29, 1.82) is 0 Å². The predicted molar refractivity (Wildman–Crippen MR) is 93.7 cm³/mol. The van der Waals surface area contributed by atoms with Crippen LogP contribution >= 0.6 is 0 Å². The standard InChI is InChI=1S/C20H30O4/c1-13-9-10-16-19(3,11-6-12-20(16,4)18(23)24)15(13)8-5-7-14(2)17(21)22/h7,15-16H,1,5-6,8-12H2,2-4H3,(H,21,22)(H,23,24). The number of aliphatic carboxylic acids is 2. The van der Waals surface area contributed by atoms with Crippen LogP contribution in [0.25, 0.3) is 0 Å². The van der Waals surface area contributed by atoms with Gasteiger partial charge in [0.15, 0.2) is 0 Å². The van der Waals surface area contributed by atoms with Crippen LogP contribution in [-0.2, 0) is 9.59 Å². The second kappa shape index (κ2) is 6.73. The number of rotatable bonds is 5. The summed E-state index contributed by atoms with van der Waals surface area (Å²) >= 11 is 0. The molecule has 0 heterocycles. The molecule has 4 heteroatoms. The number of hydrogen-bond donors (Lipinski definition) is 2. The first kappa shape index (κ1) is 18.8. The van der Waals surface area contributed by atoms with Crippen molar-refractivity contribution >= 4 is 11.9 Å². The highest BCUT2D eigenvalue weighted by Gasteiger charge is 2.57. The van der Waals surface area contributed by atoms with Gasteiger partial charge in [-0.05, 0) is 69.6 Å². The minimum absolute atomic E-state index is 0.0499. The van der Waals surface area contributed by atoms with Gasteiger partial charge in [0.25, 0.3) is 0 Å². The summed E-state index contributed by atoms with van der Waals surface area (Å²) in [4.78, 5) is 22.9. The van der Waals surface area contributed by atoms with Crippen molar-refractivity contribution in [2.24, 2.45) is 22.7 Å². The number of hydrogen-bond acceptors (Lipinski definition) is 2. The van der Waals surface area contributed by atoms with Gasteiger partial charge in [-0.1, -0.05) is 31.6 Å². The molecule has 0 amide bonds. The van der Waals surface area contributed by atoms with E-state index in [1.54, 1.807) is 13.0 Å². The minimum Gasteiger partial charge on any atom is -0.481 e. The summed E-state index contributed by atoms with van der Waals surface area (Å²) in [6, 6.07) is 0. The molecular formula is C20H30O4. The molecule has 2 N–H and O–H groups in total. The van der Waals surface area contributed by atoms with E-state index in [-0.39, 0.29) is 17.3 Å². The molecule has 2 aliphatic rings. The average Bonchev–Trinajstić information content (AvgIpc) is 2.49. The van der Waals surface area contributed by atoms with Gasteiger partial charge in [0.1, 0.15) is 0 Å². The van der Waals surface area contributed by atoms with Crippen molar-refractivity contribution in [2.75, 3.05) is 0 Å². The fourth-order valence-electron chi connectivity index (χ4n) is 5.29. The molecule has 2 fully saturated rings. The predicted octanol–water partition coefficient (Wildman–Crippen LogP) is 4.66. The molecular weight excluding hydrogens is 304 g/mol. The van der Waals surface area contributed by atoms with Gasteiger partial charge < -0.3 is 10.2 Å². The first-order chi connectivity index (χ1) is 11.1. The minimum atomic E-state index is -0.877. The number of fused-ring (bicyclic) bond motifs is 1. The van der Waals surface area contributed by atoms with Crippen LogP contribution in [0.5, 0.6) is 0 Å². The van der Waals surface area contributed by atoms with Crippen LogP contribution in [0.15, 0.2) is 23.8 Å². The quantitative estimate of drug-likeness (QED) is 0.566. The van der Waals surface area contributed by atoms with E-state index >= 15 is 0 Å². The zero-order valence-electron chi connectivity index (χ0n) is 15.1. The van der Waals surface area contributed by atoms with Gasteiger partial charge in [0.05, 0.1) is 5.41 Å². The van der Waals surface area contributed by atoms with Crippen molar-refractivity contribution in [1.82, 2.24) is 0 Å². The van der Waals surface area contributed by atoms with Crippen molar-refractivity contribution in [3.05, 3.63) is 23.8 Å². The smallest absolute Gasteiger partial charge is 0.330 e. The van der Waals surface area contributed by atoms with E-state index in [9.17, 15) is 14.7 Å². The SMILES string of the molecule is C=C1CCC2C(C)(C(=O)O)CCCC2(C)C1CCC=C(C)C(=O)O. The molecule has 4 unspecified atom stereocenters. The number of carboxylic acid groups (broad SMARTS) is 2. The molecule has 24 heavy (non-hydrogen) atoms. The van der Waals surface area contributed by atoms with E-state index in [0.29, 0.717) is 12.0 Å². The highest BCUT2D eigenvalue weighted by molar-refractivity contribution is 5.85. The lowest BCUT2D eigenvalue weighted by Gasteiger charge is -2.57. The molecule has 0 saturated heterocycles. The third-order valence-corrected chi connectivity index (χ3v) is 6.75.